The van der Waals surface area contributed by atoms with E-state index in [4.69, 9.17) is 5.41 Å². The Morgan fingerprint density at radius 1 is 1.50 bits per heavy atom. The predicted octanol–water partition coefficient (Wildman–Crippen LogP) is 2.14. The van der Waals surface area contributed by atoms with Crippen molar-refractivity contribution in [2.75, 3.05) is 0 Å². The molecule has 0 aliphatic carbocycles. The SMILES string of the molecule is CCC(N=CC=N)C(C)C. The van der Waals surface area contributed by atoms with Crippen LogP contribution < -0.4 is 0 Å². The number of aliphatic imine (C=N–C) groups is 1. The van der Waals surface area contributed by atoms with Gasteiger partial charge in [-0.05, 0) is 12.3 Å². The molecule has 1 unspecified atom stereocenters. The fraction of sp³-hybridized carbons (Fsp3) is 0.750. The highest BCUT2D eigenvalue weighted by Gasteiger charge is 2.06. The predicted molar refractivity (Wildman–Crippen MR) is 46.2 cm³/mol. The Morgan fingerprint density at radius 3 is 2.40 bits per heavy atom. The first-order valence-electron chi connectivity index (χ1n) is 3.74. The van der Waals surface area contributed by atoms with Gasteiger partial charge in [-0.15, -0.1) is 0 Å². The lowest BCUT2D eigenvalue weighted by molar-refractivity contribution is 0.485. The molecule has 0 aliphatic heterocycles. The van der Waals surface area contributed by atoms with Gasteiger partial charge in [0.05, 0.1) is 6.04 Å². The molecule has 0 rings (SSSR count). The standard InChI is InChI=1S/C8H16N2/c1-4-8(7(2)3)10-6-5-9/h5-9H,4H2,1-3H3. The van der Waals surface area contributed by atoms with E-state index in [1.165, 1.54) is 6.21 Å². The highest BCUT2D eigenvalue weighted by atomic mass is 14.8. The molecule has 0 spiro atoms. The summed E-state index contributed by atoms with van der Waals surface area (Å²) < 4.78 is 0. The maximum atomic E-state index is 6.74. The third kappa shape index (κ3) is 3.38. The van der Waals surface area contributed by atoms with E-state index in [1.807, 2.05) is 0 Å². The fourth-order valence-electron chi connectivity index (χ4n) is 0.903. The number of nitrogens with one attached hydrogen (secondary N) is 1. The largest absolute Gasteiger partial charge is 0.307 e. The van der Waals surface area contributed by atoms with Gasteiger partial charge in [0, 0.05) is 12.4 Å². The van der Waals surface area contributed by atoms with Crippen molar-refractivity contribution >= 4 is 12.4 Å². The van der Waals surface area contributed by atoms with E-state index in [0.29, 0.717) is 12.0 Å². The van der Waals surface area contributed by atoms with Crippen molar-refractivity contribution in [2.45, 2.75) is 33.2 Å². The van der Waals surface area contributed by atoms with Crippen LogP contribution in [0.4, 0.5) is 0 Å². The van der Waals surface area contributed by atoms with Gasteiger partial charge in [0.2, 0.25) is 0 Å². The average molecular weight is 140 g/mol. The molecule has 0 aromatic rings. The number of nitrogens with zero attached hydrogens (tertiary/aromatic N) is 1. The summed E-state index contributed by atoms with van der Waals surface area (Å²) in [6.45, 7) is 6.41. The molecule has 0 aromatic carbocycles. The summed E-state index contributed by atoms with van der Waals surface area (Å²) in [6.07, 6.45) is 3.85. The quantitative estimate of drug-likeness (QED) is 0.581. The number of hydrogen-bond donors (Lipinski definition) is 1. The molecule has 10 heavy (non-hydrogen) atoms. The lowest BCUT2D eigenvalue weighted by atomic mass is 10.0. The summed E-state index contributed by atoms with van der Waals surface area (Å²) in [5, 5.41) is 6.74. The summed E-state index contributed by atoms with van der Waals surface area (Å²) >= 11 is 0. The minimum Gasteiger partial charge on any atom is -0.307 e. The number of rotatable bonds is 4. The van der Waals surface area contributed by atoms with Crippen LogP contribution >= 0.6 is 0 Å². The first kappa shape index (κ1) is 9.34. The molecular formula is C8H16N2. The molecule has 0 aromatic heterocycles. The van der Waals surface area contributed by atoms with Crippen molar-refractivity contribution in [1.82, 2.24) is 0 Å². The Balaban J connectivity index is 3.82. The first-order chi connectivity index (χ1) is 4.72. The second kappa shape index (κ2) is 5.15. The van der Waals surface area contributed by atoms with E-state index in [1.54, 1.807) is 6.21 Å². The summed E-state index contributed by atoms with van der Waals surface area (Å²) in [5.74, 6) is 0.584. The van der Waals surface area contributed by atoms with Gasteiger partial charge in [-0.25, -0.2) is 0 Å². The van der Waals surface area contributed by atoms with Crippen LogP contribution in [-0.4, -0.2) is 18.5 Å². The van der Waals surface area contributed by atoms with Crippen molar-refractivity contribution in [3.63, 3.8) is 0 Å². The highest BCUT2D eigenvalue weighted by Crippen LogP contribution is 2.08. The molecular weight excluding hydrogens is 124 g/mol. The zero-order chi connectivity index (χ0) is 7.98. The van der Waals surface area contributed by atoms with Gasteiger partial charge in [0.15, 0.2) is 0 Å². The van der Waals surface area contributed by atoms with Crippen molar-refractivity contribution in [1.29, 1.82) is 5.41 Å². The molecule has 0 heterocycles. The van der Waals surface area contributed by atoms with Gasteiger partial charge in [-0.3, -0.25) is 4.99 Å². The Hall–Kier alpha value is -0.660. The number of hydrogen-bond acceptors (Lipinski definition) is 2. The van der Waals surface area contributed by atoms with Crippen LogP contribution in [0.1, 0.15) is 27.2 Å². The molecule has 0 fully saturated rings. The van der Waals surface area contributed by atoms with E-state index in [-0.39, 0.29) is 0 Å². The van der Waals surface area contributed by atoms with Crippen molar-refractivity contribution in [2.24, 2.45) is 10.9 Å². The van der Waals surface area contributed by atoms with Crippen LogP contribution in [0, 0.1) is 11.3 Å². The topological polar surface area (TPSA) is 36.2 Å². The third-order valence-electron chi connectivity index (χ3n) is 1.54. The lowest BCUT2D eigenvalue weighted by Gasteiger charge is -2.12. The smallest absolute Gasteiger partial charge is 0.0520 e. The van der Waals surface area contributed by atoms with Crippen LogP contribution in [0.3, 0.4) is 0 Å². The van der Waals surface area contributed by atoms with Crippen molar-refractivity contribution in [3.8, 4) is 0 Å². The Bertz CT molecular complexity index is 116. The van der Waals surface area contributed by atoms with Crippen LogP contribution in [0.15, 0.2) is 4.99 Å². The monoisotopic (exact) mass is 140 g/mol. The van der Waals surface area contributed by atoms with Gasteiger partial charge in [-0.2, -0.15) is 0 Å². The van der Waals surface area contributed by atoms with Crippen molar-refractivity contribution in [3.05, 3.63) is 0 Å². The first-order valence-corrected chi connectivity index (χ1v) is 3.74. The summed E-state index contributed by atoms with van der Waals surface area (Å²) in [6, 6.07) is 0.390. The Morgan fingerprint density at radius 2 is 2.10 bits per heavy atom. The summed E-state index contributed by atoms with van der Waals surface area (Å²) in [7, 11) is 0. The highest BCUT2D eigenvalue weighted by molar-refractivity contribution is 6.14. The van der Waals surface area contributed by atoms with E-state index in [2.05, 4.69) is 25.8 Å². The molecule has 58 valence electrons. The van der Waals surface area contributed by atoms with Crippen molar-refractivity contribution < 1.29 is 0 Å². The van der Waals surface area contributed by atoms with E-state index >= 15 is 0 Å². The molecule has 0 saturated carbocycles. The molecule has 2 heteroatoms. The molecule has 0 aliphatic rings. The molecule has 0 radical (unpaired) electrons. The molecule has 1 N–H and O–H groups in total. The van der Waals surface area contributed by atoms with Crippen LogP contribution in [0.25, 0.3) is 0 Å². The second-order valence-corrected chi connectivity index (χ2v) is 2.68. The summed E-state index contributed by atoms with van der Waals surface area (Å²) in [5.41, 5.74) is 0. The molecule has 1 atom stereocenters. The Kier molecular flexibility index (Phi) is 4.81. The maximum absolute atomic E-state index is 6.74. The minimum absolute atomic E-state index is 0.390. The van der Waals surface area contributed by atoms with E-state index in [0.717, 1.165) is 6.42 Å². The Labute approximate surface area is 62.9 Å². The zero-order valence-electron chi connectivity index (χ0n) is 6.96. The summed E-state index contributed by atoms with van der Waals surface area (Å²) in [4.78, 5) is 4.19. The minimum atomic E-state index is 0.390. The molecule has 2 nitrogen and oxygen atoms in total. The van der Waals surface area contributed by atoms with Gasteiger partial charge in [-0.1, -0.05) is 20.8 Å². The van der Waals surface area contributed by atoms with Gasteiger partial charge in [0.25, 0.3) is 0 Å². The molecule has 0 saturated heterocycles. The van der Waals surface area contributed by atoms with Crippen LogP contribution in [0.5, 0.6) is 0 Å². The fourth-order valence-corrected chi connectivity index (χ4v) is 0.903. The lowest BCUT2D eigenvalue weighted by Crippen LogP contribution is -2.11. The maximum Gasteiger partial charge on any atom is 0.0520 e. The van der Waals surface area contributed by atoms with Gasteiger partial charge in [0.1, 0.15) is 0 Å². The van der Waals surface area contributed by atoms with E-state index < -0.39 is 0 Å². The van der Waals surface area contributed by atoms with Crippen LogP contribution in [0.2, 0.25) is 0 Å². The average Bonchev–Trinajstić information content (AvgIpc) is 1.89. The second-order valence-electron chi connectivity index (χ2n) is 2.68. The van der Waals surface area contributed by atoms with E-state index in [9.17, 15) is 0 Å². The normalized spacial score (nSPS) is 14.4. The van der Waals surface area contributed by atoms with Gasteiger partial charge >= 0.3 is 0 Å². The zero-order valence-corrected chi connectivity index (χ0v) is 6.96. The van der Waals surface area contributed by atoms with Crippen LogP contribution in [-0.2, 0) is 0 Å². The third-order valence-corrected chi connectivity index (χ3v) is 1.54. The molecule has 0 bridgehead atoms. The molecule has 0 amide bonds. The van der Waals surface area contributed by atoms with Gasteiger partial charge < -0.3 is 5.41 Å².